The van der Waals surface area contributed by atoms with Crippen LogP contribution in [-0.4, -0.2) is 28.4 Å². The third-order valence-electron chi connectivity index (χ3n) is 2.78. The van der Waals surface area contributed by atoms with Gasteiger partial charge in [0.2, 0.25) is 0 Å². The Morgan fingerprint density at radius 2 is 2.47 bits per heavy atom. The van der Waals surface area contributed by atoms with E-state index in [0.717, 1.165) is 18.4 Å². The van der Waals surface area contributed by atoms with Gasteiger partial charge in [0.1, 0.15) is 0 Å². The first kappa shape index (κ1) is 12.4. The first-order chi connectivity index (χ1) is 8.27. The molecule has 1 aliphatic rings. The Bertz CT molecular complexity index is 394. The van der Waals surface area contributed by atoms with E-state index < -0.39 is 5.82 Å². The van der Waals surface area contributed by atoms with Gasteiger partial charge in [-0.05, 0) is 24.7 Å². The van der Waals surface area contributed by atoms with Gasteiger partial charge in [-0.25, -0.2) is 4.39 Å². The maximum absolute atomic E-state index is 13.3. The van der Waals surface area contributed by atoms with Crippen molar-refractivity contribution in [3.8, 4) is 0 Å². The molecule has 0 spiro atoms. The zero-order valence-corrected chi connectivity index (χ0v) is 10.3. The van der Waals surface area contributed by atoms with E-state index in [9.17, 15) is 9.18 Å². The van der Waals surface area contributed by atoms with E-state index in [1.807, 2.05) is 11.8 Å². The van der Waals surface area contributed by atoms with Gasteiger partial charge >= 0.3 is 0 Å². The van der Waals surface area contributed by atoms with Crippen LogP contribution in [0, 0.1) is 5.82 Å². The molecule has 1 aliphatic heterocycles. The van der Waals surface area contributed by atoms with Crippen LogP contribution in [0.2, 0.25) is 0 Å². The third-order valence-corrected chi connectivity index (χ3v) is 4.18. The standard InChI is InChI=1S/C12H15FN2OS/c13-11-8-14-5-4-10(11)12(16)15-7-9-3-1-2-6-17-9/h4-5,8-9H,1-3,6-7H2,(H,15,16). The maximum Gasteiger partial charge on any atom is 0.254 e. The van der Waals surface area contributed by atoms with Gasteiger partial charge < -0.3 is 5.32 Å². The van der Waals surface area contributed by atoms with E-state index in [1.54, 1.807) is 0 Å². The van der Waals surface area contributed by atoms with Crippen LogP contribution in [-0.2, 0) is 0 Å². The van der Waals surface area contributed by atoms with Crippen LogP contribution in [0.3, 0.4) is 0 Å². The lowest BCUT2D eigenvalue weighted by Gasteiger charge is -2.21. The van der Waals surface area contributed by atoms with Crippen molar-refractivity contribution in [2.24, 2.45) is 0 Å². The lowest BCUT2D eigenvalue weighted by atomic mass is 10.2. The number of halogens is 1. The quantitative estimate of drug-likeness (QED) is 0.899. The smallest absolute Gasteiger partial charge is 0.254 e. The molecule has 1 amide bonds. The van der Waals surface area contributed by atoms with Crippen LogP contribution in [0.4, 0.5) is 4.39 Å². The summed E-state index contributed by atoms with van der Waals surface area (Å²) in [5.41, 5.74) is 0.0702. The molecule has 1 unspecified atom stereocenters. The molecule has 0 aromatic carbocycles. The van der Waals surface area contributed by atoms with Crippen LogP contribution in [0.25, 0.3) is 0 Å². The molecule has 0 radical (unpaired) electrons. The highest BCUT2D eigenvalue weighted by molar-refractivity contribution is 7.99. The van der Waals surface area contributed by atoms with E-state index in [0.29, 0.717) is 11.8 Å². The molecule has 1 fully saturated rings. The van der Waals surface area contributed by atoms with Crippen molar-refractivity contribution in [3.05, 3.63) is 29.8 Å². The second-order valence-corrected chi connectivity index (χ2v) is 5.46. The van der Waals surface area contributed by atoms with Gasteiger partial charge in [-0.2, -0.15) is 11.8 Å². The SMILES string of the molecule is O=C(NCC1CCCCS1)c1ccncc1F. The summed E-state index contributed by atoms with van der Waals surface area (Å²) in [4.78, 5) is 15.3. The summed E-state index contributed by atoms with van der Waals surface area (Å²) in [6.45, 7) is 0.616. The number of rotatable bonds is 3. The van der Waals surface area contributed by atoms with Gasteiger partial charge in [-0.15, -0.1) is 0 Å². The Morgan fingerprint density at radius 1 is 1.59 bits per heavy atom. The predicted octanol–water partition coefficient (Wildman–Crippen LogP) is 2.24. The molecule has 3 nitrogen and oxygen atoms in total. The number of amides is 1. The largest absolute Gasteiger partial charge is 0.351 e. The Morgan fingerprint density at radius 3 is 3.18 bits per heavy atom. The number of nitrogens with zero attached hydrogens (tertiary/aromatic N) is 1. The molecule has 0 aliphatic carbocycles. The first-order valence-electron chi connectivity index (χ1n) is 5.76. The topological polar surface area (TPSA) is 42.0 Å². The van der Waals surface area contributed by atoms with Crippen molar-refractivity contribution >= 4 is 17.7 Å². The number of aromatic nitrogens is 1. The van der Waals surface area contributed by atoms with Gasteiger partial charge in [-0.3, -0.25) is 9.78 Å². The summed E-state index contributed by atoms with van der Waals surface area (Å²) >= 11 is 1.88. The molecule has 1 aromatic rings. The van der Waals surface area contributed by atoms with Gasteiger partial charge in [0, 0.05) is 18.0 Å². The highest BCUT2D eigenvalue weighted by atomic mass is 32.2. The summed E-state index contributed by atoms with van der Waals surface area (Å²) in [5, 5.41) is 3.25. The molecule has 1 aromatic heterocycles. The minimum atomic E-state index is -0.568. The molecule has 0 saturated carbocycles. The molecule has 1 saturated heterocycles. The second kappa shape index (κ2) is 6.00. The van der Waals surface area contributed by atoms with Crippen LogP contribution < -0.4 is 5.32 Å². The summed E-state index contributed by atoms with van der Waals surface area (Å²) in [6, 6.07) is 1.40. The van der Waals surface area contributed by atoms with Crippen LogP contribution in [0.5, 0.6) is 0 Å². The normalized spacial score (nSPS) is 19.9. The second-order valence-electron chi connectivity index (χ2n) is 4.05. The zero-order chi connectivity index (χ0) is 12.1. The highest BCUT2D eigenvalue weighted by Gasteiger charge is 2.16. The first-order valence-corrected chi connectivity index (χ1v) is 6.81. The van der Waals surface area contributed by atoms with Crippen molar-refractivity contribution in [2.45, 2.75) is 24.5 Å². The average molecular weight is 254 g/mol. The molecule has 0 bridgehead atoms. The van der Waals surface area contributed by atoms with E-state index >= 15 is 0 Å². The van der Waals surface area contributed by atoms with Gasteiger partial charge in [0.15, 0.2) is 5.82 Å². The molecular formula is C12H15FN2OS. The number of nitrogens with one attached hydrogen (secondary N) is 1. The Labute approximate surface area is 104 Å². The monoisotopic (exact) mass is 254 g/mol. The number of hydrogen-bond acceptors (Lipinski definition) is 3. The van der Waals surface area contributed by atoms with E-state index in [1.165, 1.54) is 25.1 Å². The van der Waals surface area contributed by atoms with Crippen molar-refractivity contribution < 1.29 is 9.18 Å². The lowest BCUT2D eigenvalue weighted by Crippen LogP contribution is -2.32. The number of carbonyl (C=O) groups excluding carboxylic acids is 1. The molecular weight excluding hydrogens is 239 g/mol. The minimum absolute atomic E-state index is 0.0702. The Kier molecular flexibility index (Phi) is 4.36. The Hall–Kier alpha value is -1.10. The molecule has 1 atom stereocenters. The fraction of sp³-hybridized carbons (Fsp3) is 0.500. The van der Waals surface area contributed by atoms with Crippen LogP contribution in [0.15, 0.2) is 18.5 Å². The number of pyridine rings is 1. The van der Waals surface area contributed by atoms with Crippen molar-refractivity contribution in [2.75, 3.05) is 12.3 Å². The summed E-state index contributed by atoms with van der Waals surface area (Å²) < 4.78 is 13.3. The fourth-order valence-electron chi connectivity index (χ4n) is 1.83. The van der Waals surface area contributed by atoms with E-state index in [-0.39, 0.29) is 11.5 Å². The molecule has 2 rings (SSSR count). The number of hydrogen-bond donors (Lipinski definition) is 1. The lowest BCUT2D eigenvalue weighted by molar-refractivity contribution is 0.0949. The highest BCUT2D eigenvalue weighted by Crippen LogP contribution is 2.24. The number of carbonyl (C=O) groups is 1. The van der Waals surface area contributed by atoms with Crippen molar-refractivity contribution in [1.82, 2.24) is 10.3 Å². The molecule has 1 N–H and O–H groups in total. The fourth-order valence-corrected chi connectivity index (χ4v) is 3.07. The van der Waals surface area contributed by atoms with Crippen molar-refractivity contribution in [3.63, 3.8) is 0 Å². The van der Waals surface area contributed by atoms with Crippen LogP contribution in [0.1, 0.15) is 29.6 Å². The zero-order valence-electron chi connectivity index (χ0n) is 9.49. The van der Waals surface area contributed by atoms with E-state index in [4.69, 9.17) is 0 Å². The molecule has 5 heteroatoms. The van der Waals surface area contributed by atoms with Crippen LogP contribution >= 0.6 is 11.8 Å². The maximum atomic E-state index is 13.3. The third kappa shape index (κ3) is 3.43. The summed E-state index contributed by atoms with van der Waals surface area (Å²) in [6.07, 6.45) is 6.09. The minimum Gasteiger partial charge on any atom is -0.351 e. The number of thioether (sulfide) groups is 1. The van der Waals surface area contributed by atoms with Gasteiger partial charge in [-0.1, -0.05) is 6.42 Å². The Balaban J connectivity index is 1.87. The van der Waals surface area contributed by atoms with Gasteiger partial charge in [0.25, 0.3) is 5.91 Å². The summed E-state index contributed by atoms with van der Waals surface area (Å²) in [7, 11) is 0. The molecule has 17 heavy (non-hydrogen) atoms. The molecule has 2 heterocycles. The van der Waals surface area contributed by atoms with Crippen molar-refractivity contribution in [1.29, 1.82) is 0 Å². The average Bonchev–Trinajstić information content (AvgIpc) is 2.38. The summed E-state index contributed by atoms with van der Waals surface area (Å²) in [5.74, 6) is 0.238. The van der Waals surface area contributed by atoms with E-state index in [2.05, 4.69) is 10.3 Å². The molecule has 92 valence electrons. The van der Waals surface area contributed by atoms with Gasteiger partial charge in [0.05, 0.1) is 11.8 Å². The predicted molar refractivity (Wildman–Crippen MR) is 66.6 cm³/mol.